The molecular weight excluding hydrogens is 384 g/mol. The number of nitrogens with zero attached hydrogens (tertiary/aromatic N) is 2. The highest BCUT2D eigenvalue weighted by atomic mass is 35.5. The van der Waals surface area contributed by atoms with Crippen LogP contribution in [-0.2, 0) is 21.0 Å². The minimum absolute atomic E-state index is 0.0836. The first-order valence-corrected chi connectivity index (χ1v) is 9.60. The number of carbonyl (C=O) groups excluding carboxylic acids is 1. The first-order chi connectivity index (χ1) is 13.2. The molecule has 0 amide bonds. The van der Waals surface area contributed by atoms with Gasteiger partial charge in [-0.3, -0.25) is 0 Å². The highest BCUT2D eigenvalue weighted by molar-refractivity contribution is 7.13. The van der Waals surface area contributed by atoms with Crippen molar-refractivity contribution in [1.29, 1.82) is 0 Å². The Kier molecular flexibility index (Phi) is 5.18. The number of aromatic nitrogens is 1. The third-order valence-electron chi connectivity index (χ3n) is 4.06. The minimum Gasteiger partial charge on any atom is -0.456 e. The van der Waals surface area contributed by atoms with Crippen LogP contribution in [0.2, 0.25) is 5.02 Å². The number of carbonyl (C=O) groups is 1. The molecule has 1 aromatic heterocycles. The van der Waals surface area contributed by atoms with Gasteiger partial charge in [-0.1, -0.05) is 65.3 Å². The van der Waals surface area contributed by atoms with E-state index in [9.17, 15) is 4.79 Å². The molecule has 0 fully saturated rings. The van der Waals surface area contributed by atoms with E-state index in [0.717, 1.165) is 21.8 Å². The van der Waals surface area contributed by atoms with Crippen LogP contribution in [-0.4, -0.2) is 22.8 Å². The molecule has 0 radical (unpaired) electrons. The lowest BCUT2D eigenvalue weighted by Gasteiger charge is -2.07. The average molecular weight is 399 g/mol. The number of ether oxygens (including phenoxy) is 1. The predicted octanol–water partition coefficient (Wildman–Crippen LogP) is 4.70. The molecule has 3 aromatic rings. The van der Waals surface area contributed by atoms with Crippen molar-refractivity contribution < 1.29 is 14.4 Å². The molecule has 5 nitrogen and oxygen atoms in total. The van der Waals surface area contributed by atoms with Crippen LogP contribution in [0, 0.1) is 0 Å². The molecule has 4 rings (SSSR count). The van der Waals surface area contributed by atoms with E-state index in [-0.39, 0.29) is 6.61 Å². The molecule has 136 valence electrons. The number of benzene rings is 2. The van der Waals surface area contributed by atoms with Crippen molar-refractivity contribution >= 4 is 34.6 Å². The molecule has 2 aromatic carbocycles. The molecule has 0 saturated heterocycles. The fourth-order valence-electron chi connectivity index (χ4n) is 2.67. The molecule has 1 aliphatic rings. The van der Waals surface area contributed by atoms with Gasteiger partial charge in [-0.2, -0.15) is 0 Å². The van der Waals surface area contributed by atoms with Gasteiger partial charge in [0.15, 0.2) is 0 Å². The molecule has 1 unspecified atom stereocenters. The number of hydrogen-bond acceptors (Lipinski definition) is 6. The van der Waals surface area contributed by atoms with E-state index < -0.39 is 12.1 Å². The lowest BCUT2D eigenvalue weighted by molar-refractivity contribution is -0.156. The average Bonchev–Trinajstić information content (AvgIpc) is 3.37. The lowest BCUT2D eigenvalue weighted by Crippen LogP contribution is -2.23. The molecule has 0 bridgehead atoms. The van der Waals surface area contributed by atoms with Gasteiger partial charge in [-0.05, 0) is 11.6 Å². The largest absolute Gasteiger partial charge is 0.456 e. The van der Waals surface area contributed by atoms with E-state index in [1.807, 2.05) is 60.0 Å². The van der Waals surface area contributed by atoms with Crippen molar-refractivity contribution in [3.05, 3.63) is 76.3 Å². The van der Waals surface area contributed by atoms with Gasteiger partial charge in [0.05, 0.1) is 16.4 Å². The maximum absolute atomic E-state index is 12.3. The first-order valence-electron chi connectivity index (χ1n) is 8.35. The van der Waals surface area contributed by atoms with E-state index in [0.29, 0.717) is 17.1 Å². The summed E-state index contributed by atoms with van der Waals surface area (Å²) in [6.07, 6.45) is -0.327. The molecule has 2 heterocycles. The Bertz CT molecular complexity index is 988. The van der Waals surface area contributed by atoms with Crippen molar-refractivity contribution in [3.63, 3.8) is 0 Å². The topological polar surface area (TPSA) is 60.8 Å². The second kappa shape index (κ2) is 7.90. The molecule has 0 saturated carbocycles. The molecule has 0 N–H and O–H groups in total. The van der Waals surface area contributed by atoms with Gasteiger partial charge in [-0.25, -0.2) is 9.78 Å². The standard InChI is InChI=1S/C20H15ClN2O3S/c21-16-9-5-4-8-15(16)19-22-14(12-27-19)11-25-20(24)18-10-17(23-26-18)13-6-2-1-3-7-13/h1-9,12,18H,10-11H2. The van der Waals surface area contributed by atoms with Gasteiger partial charge in [-0.15, -0.1) is 11.3 Å². The summed E-state index contributed by atoms with van der Waals surface area (Å²) >= 11 is 7.66. The normalized spacial score (nSPS) is 15.9. The number of hydrogen-bond donors (Lipinski definition) is 0. The van der Waals surface area contributed by atoms with Gasteiger partial charge in [0, 0.05) is 17.4 Å². The Hall–Kier alpha value is -2.70. The molecule has 0 spiro atoms. The Morgan fingerprint density at radius 1 is 1.19 bits per heavy atom. The Labute approximate surface area is 165 Å². The minimum atomic E-state index is -0.720. The van der Waals surface area contributed by atoms with E-state index in [2.05, 4.69) is 10.1 Å². The second-order valence-electron chi connectivity index (χ2n) is 5.93. The van der Waals surface area contributed by atoms with Gasteiger partial charge in [0.2, 0.25) is 6.10 Å². The van der Waals surface area contributed by atoms with Crippen LogP contribution in [0.1, 0.15) is 17.7 Å². The monoisotopic (exact) mass is 398 g/mol. The first kappa shape index (κ1) is 17.7. The summed E-state index contributed by atoms with van der Waals surface area (Å²) in [4.78, 5) is 22.0. The van der Waals surface area contributed by atoms with Crippen molar-refractivity contribution in [2.24, 2.45) is 5.16 Å². The summed E-state index contributed by atoms with van der Waals surface area (Å²) in [5.74, 6) is -0.447. The Morgan fingerprint density at radius 2 is 1.96 bits per heavy atom. The highest BCUT2D eigenvalue weighted by Gasteiger charge is 2.30. The molecule has 1 aliphatic heterocycles. The maximum Gasteiger partial charge on any atom is 0.351 e. The van der Waals surface area contributed by atoms with E-state index in [4.69, 9.17) is 21.2 Å². The summed E-state index contributed by atoms with van der Waals surface area (Å²) in [6.45, 7) is 0.0836. The van der Waals surface area contributed by atoms with E-state index in [1.165, 1.54) is 11.3 Å². The van der Waals surface area contributed by atoms with Crippen molar-refractivity contribution in [2.45, 2.75) is 19.1 Å². The predicted molar refractivity (Wildman–Crippen MR) is 105 cm³/mol. The van der Waals surface area contributed by atoms with Gasteiger partial charge < -0.3 is 9.57 Å². The van der Waals surface area contributed by atoms with Crippen LogP contribution >= 0.6 is 22.9 Å². The third kappa shape index (κ3) is 4.02. The summed E-state index contributed by atoms with van der Waals surface area (Å²) in [5.41, 5.74) is 3.22. The molecule has 27 heavy (non-hydrogen) atoms. The fraction of sp³-hybridized carbons (Fsp3) is 0.150. The van der Waals surface area contributed by atoms with Crippen molar-refractivity contribution in [2.75, 3.05) is 0 Å². The summed E-state index contributed by atoms with van der Waals surface area (Å²) in [7, 11) is 0. The zero-order chi connectivity index (χ0) is 18.6. The van der Waals surface area contributed by atoms with Crippen molar-refractivity contribution in [1.82, 2.24) is 4.98 Å². The van der Waals surface area contributed by atoms with Gasteiger partial charge >= 0.3 is 5.97 Å². The Morgan fingerprint density at radius 3 is 2.78 bits per heavy atom. The second-order valence-corrected chi connectivity index (χ2v) is 7.20. The van der Waals surface area contributed by atoms with Crippen LogP contribution in [0.3, 0.4) is 0 Å². The smallest absolute Gasteiger partial charge is 0.351 e. The van der Waals surface area contributed by atoms with Crippen LogP contribution in [0.5, 0.6) is 0 Å². The zero-order valence-corrected chi connectivity index (χ0v) is 15.7. The quantitative estimate of drug-likeness (QED) is 0.584. The molecular formula is C20H15ClN2O3S. The third-order valence-corrected chi connectivity index (χ3v) is 5.31. The summed E-state index contributed by atoms with van der Waals surface area (Å²) in [5, 5.41) is 7.29. The zero-order valence-electron chi connectivity index (χ0n) is 14.2. The molecule has 1 atom stereocenters. The molecule has 0 aliphatic carbocycles. The summed E-state index contributed by atoms with van der Waals surface area (Å²) in [6, 6.07) is 17.1. The summed E-state index contributed by atoms with van der Waals surface area (Å²) < 4.78 is 5.35. The maximum atomic E-state index is 12.3. The van der Waals surface area contributed by atoms with Crippen LogP contribution < -0.4 is 0 Å². The number of halogens is 1. The number of thiazole rings is 1. The van der Waals surface area contributed by atoms with Gasteiger partial charge in [0.25, 0.3) is 0 Å². The van der Waals surface area contributed by atoms with E-state index in [1.54, 1.807) is 0 Å². The van der Waals surface area contributed by atoms with Crippen LogP contribution in [0.25, 0.3) is 10.6 Å². The SMILES string of the molecule is O=C(OCc1csc(-c2ccccc2Cl)n1)C1CC(c2ccccc2)=NO1. The Balaban J connectivity index is 1.34. The number of esters is 1. The van der Waals surface area contributed by atoms with Crippen molar-refractivity contribution in [3.8, 4) is 10.6 Å². The molecule has 7 heteroatoms. The number of rotatable bonds is 5. The van der Waals surface area contributed by atoms with Gasteiger partial charge in [0.1, 0.15) is 11.6 Å². The van der Waals surface area contributed by atoms with E-state index >= 15 is 0 Å². The lowest BCUT2D eigenvalue weighted by atomic mass is 10.1. The van der Waals surface area contributed by atoms with Crippen LogP contribution in [0.4, 0.5) is 0 Å². The van der Waals surface area contributed by atoms with Crippen LogP contribution in [0.15, 0.2) is 65.1 Å². The number of oxime groups is 1. The fourth-order valence-corrected chi connectivity index (χ4v) is 3.80. The highest BCUT2D eigenvalue weighted by Crippen LogP contribution is 2.30.